The van der Waals surface area contributed by atoms with Crippen LogP contribution in [0, 0.1) is 0 Å². The maximum absolute atomic E-state index is 9.68. The van der Waals surface area contributed by atoms with Crippen molar-refractivity contribution in [2.24, 2.45) is 0 Å². The average Bonchev–Trinajstić information content (AvgIpc) is 2.44. The average molecular weight is 267 g/mol. The molecule has 0 spiro atoms. The molecule has 1 rings (SSSR count). The SMILES string of the molecule is CCCNCc1ccccc1OCC(O)COCC. The molecule has 4 nitrogen and oxygen atoms in total. The van der Waals surface area contributed by atoms with E-state index in [2.05, 4.69) is 12.2 Å². The lowest BCUT2D eigenvalue weighted by Crippen LogP contribution is -2.24. The highest BCUT2D eigenvalue weighted by Gasteiger charge is 2.07. The summed E-state index contributed by atoms with van der Waals surface area (Å²) in [5, 5.41) is 13.0. The molecule has 0 bridgehead atoms. The van der Waals surface area contributed by atoms with Gasteiger partial charge in [-0.05, 0) is 26.0 Å². The zero-order chi connectivity index (χ0) is 13.9. The van der Waals surface area contributed by atoms with Gasteiger partial charge in [0.15, 0.2) is 0 Å². The predicted octanol–water partition coefficient (Wildman–Crippen LogP) is 1.96. The summed E-state index contributed by atoms with van der Waals surface area (Å²) in [6.07, 6.45) is 0.521. The molecule has 0 saturated carbocycles. The van der Waals surface area contributed by atoms with Crippen LogP contribution in [0.4, 0.5) is 0 Å². The third-order valence-electron chi connectivity index (χ3n) is 2.66. The first kappa shape index (κ1) is 16.0. The maximum Gasteiger partial charge on any atom is 0.123 e. The molecule has 1 unspecified atom stereocenters. The van der Waals surface area contributed by atoms with E-state index in [9.17, 15) is 5.11 Å². The van der Waals surface area contributed by atoms with Crippen molar-refractivity contribution in [1.82, 2.24) is 5.32 Å². The van der Waals surface area contributed by atoms with E-state index in [1.807, 2.05) is 31.2 Å². The van der Waals surface area contributed by atoms with Crippen molar-refractivity contribution in [1.29, 1.82) is 0 Å². The molecule has 19 heavy (non-hydrogen) atoms. The highest BCUT2D eigenvalue weighted by Crippen LogP contribution is 2.17. The van der Waals surface area contributed by atoms with Gasteiger partial charge in [0.2, 0.25) is 0 Å². The highest BCUT2D eigenvalue weighted by molar-refractivity contribution is 5.33. The van der Waals surface area contributed by atoms with Crippen LogP contribution in [0.1, 0.15) is 25.8 Å². The van der Waals surface area contributed by atoms with Gasteiger partial charge in [-0.15, -0.1) is 0 Å². The topological polar surface area (TPSA) is 50.7 Å². The van der Waals surface area contributed by atoms with Crippen LogP contribution in [-0.4, -0.2) is 37.6 Å². The van der Waals surface area contributed by atoms with Gasteiger partial charge < -0.3 is 19.9 Å². The van der Waals surface area contributed by atoms with E-state index in [0.29, 0.717) is 13.2 Å². The largest absolute Gasteiger partial charge is 0.490 e. The quantitative estimate of drug-likeness (QED) is 0.636. The summed E-state index contributed by atoms with van der Waals surface area (Å²) in [5.41, 5.74) is 1.11. The second-order valence-corrected chi connectivity index (χ2v) is 4.41. The summed E-state index contributed by atoms with van der Waals surface area (Å²) < 4.78 is 10.8. The molecule has 0 amide bonds. The van der Waals surface area contributed by atoms with Gasteiger partial charge in [-0.3, -0.25) is 0 Å². The lowest BCUT2D eigenvalue weighted by molar-refractivity contribution is 0.0162. The number of ether oxygens (including phenoxy) is 2. The Kier molecular flexibility index (Phi) is 8.21. The monoisotopic (exact) mass is 267 g/mol. The third kappa shape index (κ3) is 6.57. The molecule has 0 aliphatic carbocycles. The lowest BCUT2D eigenvalue weighted by Gasteiger charge is -2.15. The fraction of sp³-hybridized carbons (Fsp3) is 0.600. The van der Waals surface area contributed by atoms with E-state index < -0.39 is 6.10 Å². The van der Waals surface area contributed by atoms with E-state index in [-0.39, 0.29) is 6.61 Å². The minimum absolute atomic E-state index is 0.255. The standard InChI is InChI=1S/C15H25NO3/c1-3-9-16-10-13-7-5-6-8-15(13)19-12-14(17)11-18-4-2/h5-8,14,16-17H,3-4,9-12H2,1-2H3. The molecule has 0 heterocycles. The minimum atomic E-state index is -0.586. The first-order valence-electron chi connectivity index (χ1n) is 6.95. The lowest BCUT2D eigenvalue weighted by atomic mass is 10.2. The fourth-order valence-corrected chi connectivity index (χ4v) is 1.68. The summed E-state index contributed by atoms with van der Waals surface area (Å²) in [6, 6.07) is 7.89. The van der Waals surface area contributed by atoms with Gasteiger partial charge in [-0.25, -0.2) is 0 Å². The fourth-order valence-electron chi connectivity index (χ4n) is 1.68. The second kappa shape index (κ2) is 9.78. The number of aliphatic hydroxyl groups excluding tert-OH is 1. The Hall–Kier alpha value is -1.10. The number of para-hydroxylation sites is 1. The van der Waals surface area contributed by atoms with Crippen LogP contribution in [-0.2, 0) is 11.3 Å². The van der Waals surface area contributed by atoms with Crippen molar-refractivity contribution in [2.75, 3.05) is 26.4 Å². The van der Waals surface area contributed by atoms with E-state index in [0.717, 1.165) is 30.8 Å². The highest BCUT2D eigenvalue weighted by atomic mass is 16.5. The van der Waals surface area contributed by atoms with Crippen molar-refractivity contribution in [3.05, 3.63) is 29.8 Å². The van der Waals surface area contributed by atoms with Gasteiger partial charge in [-0.1, -0.05) is 25.1 Å². The molecule has 0 aliphatic rings. The molecule has 1 aromatic rings. The normalized spacial score (nSPS) is 12.4. The Balaban J connectivity index is 2.43. The summed E-state index contributed by atoms with van der Waals surface area (Å²) in [7, 11) is 0. The van der Waals surface area contributed by atoms with E-state index in [1.54, 1.807) is 0 Å². The van der Waals surface area contributed by atoms with Crippen LogP contribution in [0.2, 0.25) is 0 Å². The van der Waals surface area contributed by atoms with Crippen LogP contribution < -0.4 is 10.1 Å². The first-order chi connectivity index (χ1) is 9.27. The van der Waals surface area contributed by atoms with Crippen molar-refractivity contribution < 1.29 is 14.6 Å². The zero-order valence-corrected chi connectivity index (χ0v) is 11.9. The number of hydrogen-bond acceptors (Lipinski definition) is 4. The molecular weight excluding hydrogens is 242 g/mol. The Morgan fingerprint density at radius 2 is 2.00 bits per heavy atom. The number of hydrogen-bond donors (Lipinski definition) is 2. The molecule has 108 valence electrons. The van der Waals surface area contributed by atoms with Crippen LogP contribution in [0.3, 0.4) is 0 Å². The van der Waals surface area contributed by atoms with E-state index in [4.69, 9.17) is 9.47 Å². The van der Waals surface area contributed by atoms with Crippen LogP contribution in [0.5, 0.6) is 5.75 Å². The molecule has 0 aliphatic heterocycles. The number of rotatable bonds is 10. The number of nitrogens with one attached hydrogen (secondary N) is 1. The minimum Gasteiger partial charge on any atom is -0.490 e. The Bertz CT molecular complexity index is 344. The summed E-state index contributed by atoms with van der Waals surface area (Å²) >= 11 is 0. The number of benzene rings is 1. The Morgan fingerprint density at radius 1 is 1.21 bits per heavy atom. The van der Waals surface area contributed by atoms with Gasteiger partial charge in [0.1, 0.15) is 18.5 Å². The second-order valence-electron chi connectivity index (χ2n) is 4.41. The summed E-state index contributed by atoms with van der Waals surface area (Å²) in [4.78, 5) is 0. The van der Waals surface area contributed by atoms with Gasteiger partial charge >= 0.3 is 0 Å². The molecule has 0 radical (unpaired) electrons. The Morgan fingerprint density at radius 3 is 2.74 bits per heavy atom. The molecule has 0 saturated heterocycles. The predicted molar refractivity (Wildman–Crippen MR) is 76.4 cm³/mol. The van der Waals surface area contributed by atoms with Crippen molar-refractivity contribution in [3.8, 4) is 5.75 Å². The number of aliphatic hydroxyl groups is 1. The Labute approximate surface area is 115 Å². The van der Waals surface area contributed by atoms with Crippen molar-refractivity contribution >= 4 is 0 Å². The molecular formula is C15H25NO3. The van der Waals surface area contributed by atoms with Gasteiger partial charge in [0.05, 0.1) is 6.61 Å². The molecule has 1 atom stereocenters. The zero-order valence-electron chi connectivity index (χ0n) is 11.9. The molecule has 0 aromatic heterocycles. The van der Waals surface area contributed by atoms with Crippen LogP contribution >= 0.6 is 0 Å². The molecule has 1 aromatic carbocycles. The molecule has 2 N–H and O–H groups in total. The van der Waals surface area contributed by atoms with Crippen LogP contribution in [0.15, 0.2) is 24.3 Å². The molecule has 0 fully saturated rings. The van der Waals surface area contributed by atoms with Gasteiger partial charge in [-0.2, -0.15) is 0 Å². The van der Waals surface area contributed by atoms with Gasteiger partial charge in [0.25, 0.3) is 0 Å². The molecule has 4 heteroatoms. The maximum atomic E-state index is 9.68. The van der Waals surface area contributed by atoms with E-state index >= 15 is 0 Å². The van der Waals surface area contributed by atoms with Crippen LogP contribution in [0.25, 0.3) is 0 Å². The third-order valence-corrected chi connectivity index (χ3v) is 2.66. The summed E-state index contributed by atoms with van der Waals surface area (Å²) in [5.74, 6) is 0.821. The van der Waals surface area contributed by atoms with Gasteiger partial charge in [0, 0.05) is 18.7 Å². The van der Waals surface area contributed by atoms with Crippen molar-refractivity contribution in [3.63, 3.8) is 0 Å². The smallest absolute Gasteiger partial charge is 0.123 e. The van der Waals surface area contributed by atoms with E-state index in [1.165, 1.54) is 0 Å². The first-order valence-corrected chi connectivity index (χ1v) is 6.95. The summed E-state index contributed by atoms with van der Waals surface area (Å²) in [6.45, 7) is 6.99. The van der Waals surface area contributed by atoms with Crippen molar-refractivity contribution in [2.45, 2.75) is 32.9 Å².